The zero-order valence-electron chi connectivity index (χ0n) is 17.3. The van der Waals surface area contributed by atoms with E-state index in [2.05, 4.69) is 0 Å². The number of nitrogens with zero attached hydrogens (tertiary/aromatic N) is 1. The highest BCUT2D eigenvalue weighted by atomic mass is 16.6. The number of amides is 1. The summed E-state index contributed by atoms with van der Waals surface area (Å²) in [6.45, 7) is 6.11. The predicted molar refractivity (Wildman–Crippen MR) is 109 cm³/mol. The van der Waals surface area contributed by atoms with Gasteiger partial charge < -0.3 is 14.2 Å². The number of hydrogen-bond acceptors (Lipinski definition) is 5. The lowest BCUT2D eigenvalue weighted by molar-refractivity contribution is -0.147. The maximum atomic E-state index is 12.7. The van der Waals surface area contributed by atoms with Crippen LogP contribution in [0.1, 0.15) is 37.5 Å². The van der Waals surface area contributed by atoms with Crippen molar-refractivity contribution in [3.05, 3.63) is 65.2 Å². The average molecular weight is 397 g/mol. The Morgan fingerprint density at radius 3 is 2.45 bits per heavy atom. The number of ether oxygens (including phenoxy) is 3. The summed E-state index contributed by atoms with van der Waals surface area (Å²) in [6.07, 6.45) is -0.158. The van der Waals surface area contributed by atoms with Crippen LogP contribution >= 0.6 is 0 Å². The Morgan fingerprint density at radius 2 is 1.79 bits per heavy atom. The molecule has 2 aromatic carbocycles. The average Bonchev–Trinajstić information content (AvgIpc) is 2.70. The molecule has 0 N–H and O–H groups in total. The molecule has 0 saturated carbocycles. The fourth-order valence-corrected chi connectivity index (χ4v) is 3.25. The number of carbonyl (C=O) groups is 2. The van der Waals surface area contributed by atoms with Crippen LogP contribution in [0.25, 0.3) is 0 Å². The summed E-state index contributed by atoms with van der Waals surface area (Å²) in [5.74, 6) is 0.263. The van der Waals surface area contributed by atoms with Crippen molar-refractivity contribution in [3.63, 3.8) is 0 Å². The summed E-state index contributed by atoms with van der Waals surface area (Å²) >= 11 is 0. The third-order valence-electron chi connectivity index (χ3n) is 4.66. The molecule has 6 nitrogen and oxygen atoms in total. The van der Waals surface area contributed by atoms with E-state index in [4.69, 9.17) is 14.2 Å². The van der Waals surface area contributed by atoms with Crippen molar-refractivity contribution in [1.29, 1.82) is 0 Å². The van der Waals surface area contributed by atoms with Crippen molar-refractivity contribution in [2.45, 2.75) is 52.0 Å². The standard InChI is InChI=1S/C23H27NO5/c1-23(2,3)29-22(26)24-14-18-12-19(28-15-16-8-6-5-7-9-16)11-10-17(18)13-20(24)21(25)27-4/h5-12,20H,13-15H2,1-4H3. The molecule has 1 aliphatic heterocycles. The molecule has 0 aliphatic carbocycles. The summed E-state index contributed by atoms with van der Waals surface area (Å²) in [4.78, 5) is 26.4. The van der Waals surface area contributed by atoms with E-state index >= 15 is 0 Å². The molecule has 0 radical (unpaired) electrons. The molecule has 29 heavy (non-hydrogen) atoms. The fraction of sp³-hybridized carbons (Fsp3) is 0.391. The van der Waals surface area contributed by atoms with Crippen LogP contribution in [0.4, 0.5) is 4.79 Å². The summed E-state index contributed by atoms with van der Waals surface area (Å²) in [5, 5.41) is 0. The van der Waals surface area contributed by atoms with E-state index in [0.717, 1.165) is 16.7 Å². The van der Waals surface area contributed by atoms with Crippen LogP contribution in [-0.4, -0.2) is 35.7 Å². The molecule has 0 fully saturated rings. The van der Waals surface area contributed by atoms with Crippen LogP contribution in [-0.2, 0) is 33.8 Å². The third kappa shape index (κ3) is 5.28. The van der Waals surface area contributed by atoms with Gasteiger partial charge in [-0.3, -0.25) is 4.90 Å². The smallest absolute Gasteiger partial charge is 0.411 e. The largest absolute Gasteiger partial charge is 0.489 e. The molecule has 1 unspecified atom stereocenters. The van der Waals surface area contributed by atoms with Gasteiger partial charge in [-0.1, -0.05) is 36.4 Å². The van der Waals surface area contributed by atoms with E-state index in [1.165, 1.54) is 12.0 Å². The lowest BCUT2D eigenvalue weighted by Crippen LogP contribution is -2.50. The molecule has 2 aromatic rings. The molecule has 1 amide bonds. The van der Waals surface area contributed by atoms with Crippen molar-refractivity contribution in [3.8, 4) is 5.75 Å². The van der Waals surface area contributed by atoms with Gasteiger partial charge in [-0.05, 0) is 49.6 Å². The minimum atomic E-state index is -0.710. The Balaban J connectivity index is 1.80. The minimum Gasteiger partial charge on any atom is -0.489 e. The summed E-state index contributed by atoms with van der Waals surface area (Å²) in [7, 11) is 1.33. The first kappa shape index (κ1) is 20.7. The first-order valence-electron chi connectivity index (χ1n) is 9.63. The second-order valence-electron chi connectivity index (χ2n) is 8.06. The highest BCUT2D eigenvalue weighted by Crippen LogP contribution is 2.29. The number of benzene rings is 2. The number of carbonyl (C=O) groups excluding carboxylic acids is 2. The van der Waals surface area contributed by atoms with Crippen molar-refractivity contribution < 1.29 is 23.8 Å². The molecule has 0 aromatic heterocycles. The van der Waals surface area contributed by atoms with Crippen molar-refractivity contribution in [1.82, 2.24) is 4.90 Å². The van der Waals surface area contributed by atoms with Gasteiger partial charge in [0, 0.05) is 6.42 Å². The number of methoxy groups -OCH3 is 1. The van der Waals surface area contributed by atoms with Crippen molar-refractivity contribution in [2.24, 2.45) is 0 Å². The molecule has 0 bridgehead atoms. The normalized spacial score (nSPS) is 16.0. The lowest BCUT2D eigenvalue weighted by atomic mass is 9.94. The summed E-state index contributed by atoms with van der Waals surface area (Å²) < 4.78 is 16.3. The van der Waals surface area contributed by atoms with Gasteiger partial charge in [0.15, 0.2) is 0 Å². The van der Waals surface area contributed by atoms with Crippen LogP contribution in [0.5, 0.6) is 5.75 Å². The molecular formula is C23H27NO5. The highest BCUT2D eigenvalue weighted by molar-refractivity contribution is 5.82. The monoisotopic (exact) mass is 397 g/mol. The van der Waals surface area contributed by atoms with Crippen LogP contribution in [0.15, 0.2) is 48.5 Å². The molecule has 154 valence electrons. The van der Waals surface area contributed by atoms with Crippen LogP contribution in [0.2, 0.25) is 0 Å². The van der Waals surface area contributed by atoms with E-state index in [1.54, 1.807) is 20.8 Å². The van der Waals surface area contributed by atoms with Gasteiger partial charge in [0.1, 0.15) is 24.0 Å². The maximum Gasteiger partial charge on any atom is 0.411 e. The zero-order valence-corrected chi connectivity index (χ0v) is 17.3. The number of fused-ring (bicyclic) bond motifs is 1. The molecule has 0 saturated heterocycles. The second-order valence-corrected chi connectivity index (χ2v) is 8.06. The minimum absolute atomic E-state index is 0.256. The Kier molecular flexibility index (Phi) is 6.11. The van der Waals surface area contributed by atoms with E-state index in [1.807, 2.05) is 48.5 Å². The highest BCUT2D eigenvalue weighted by Gasteiger charge is 2.37. The SMILES string of the molecule is COC(=O)C1Cc2ccc(OCc3ccccc3)cc2CN1C(=O)OC(C)(C)C. The van der Waals surface area contributed by atoms with E-state index in [9.17, 15) is 9.59 Å². The Hall–Kier alpha value is -3.02. The number of esters is 1. The van der Waals surface area contributed by atoms with Gasteiger partial charge >= 0.3 is 12.1 Å². The van der Waals surface area contributed by atoms with Crippen molar-refractivity contribution >= 4 is 12.1 Å². The topological polar surface area (TPSA) is 65.1 Å². The maximum absolute atomic E-state index is 12.7. The first-order valence-corrected chi connectivity index (χ1v) is 9.63. The molecule has 3 rings (SSSR count). The number of rotatable bonds is 4. The van der Waals surface area contributed by atoms with E-state index in [0.29, 0.717) is 18.8 Å². The third-order valence-corrected chi connectivity index (χ3v) is 4.66. The van der Waals surface area contributed by atoms with Gasteiger partial charge in [-0.2, -0.15) is 0 Å². The zero-order chi connectivity index (χ0) is 21.0. The van der Waals surface area contributed by atoms with Crippen LogP contribution in [0, 0.1) is 0 Å². The quantitative estimate of drug-likeness (QED) is 0.727. The van der Waals surface area contributed by atoms with E-state index in [-0.39, 0.29) is 6.54 Å². The lowest BCUT2D eigenvalue weighted by Gasteiger charge is -2.36. The van der Waals surface area contributed by atoms with Crippen molar-refractivity contribution in [2.75, 3.05) is 7.11 Å². The van der Waals surface area contributed by atoms with Gasteiger partial charge in [0.25, 0.3) is 0 Å². The summed E-state index contributed by atoms with van der Waals surface area (Å²) in [6, 6.07) is 15.0. The predicted octanol–water partition coefficient (Wildman–Crippen LogP) is 4.10. The van der Waals surface area contributed by atoms with Gasteiger partial charge in [-0.15, -0.1) is 0 Å². The second kappa shape index (κ2) is 8.55. The van der Waals surface area contributed by atoms with Crippen LogP contribution < -0.4 is 4.74 Å². The Morgan fingerprint density at radius 1 is 1.07 bits per heavy atom. The summed E-state index contributed by atoms with van der Waals surface area (Å²) in [5.41, 5.74) is 2.35. The van der Waals surface area contributed by atoms with Gasteiger partial charge in [-0.25, -0.2) is 9.59 Å². The first-order chi connectivity index (χ1) is 13.8. The molecule has 1 aliphatic rings. The number of hydrogen-bond donors (Lipinski definition) is 0. The molecular weight excluding hydrogens is 370 g/mol. The fourth-order valence-electron chi connectivity index (χ4n) is 3.25. The van der Waals surface area contributed by atoms with Gasteiger partial charge in [0.2, 0.25) is 0 Å². The van der Waals surface area contributed by atoms with E-state index < -0.39 is 23.7 Å². The Bertz CT molecular complexity index is 873. The van der Waals surface area contributed by atoms with Crippen LogP contribution in [0.3, 0.4) is 0 Å². The Labute approximate surface area is 171 Å². The van der Waals surface area contributed by atoms with Gasteiger partial charge in [0.05, 0.1) is 13.7 Å². The molecule has 1 heterocycles. The molecule has 0 spiro atoms. The molecule has 6 heteroatoms. The molecule has 1 atom stereocenters.